The van der Waals surface area contributed by atoms with E-state index < -0.39 is 0 Å². The SMILES string of the molecule is Cl.N#CNC(=N[C@@H]1CC2CCC1C2)Nc1ccc(N)nc1. The van der Waals surface area contributed by atoms with Gasteiger partial charge in [0.15, 0.2) is 6.19 Å². The summed E-state index contributed by atoms with van der Waals surface area (Å²) >= 11 is 0. The molecule has 0 amide bonds. The van der Waals surface area contributed by atoms with Crippen molar-refractivity contribution >= 4 is 29.9 Å². The highest BCUT2D eigenvalue weighted by molar-refractivity contribution is 5.94. The van der Waals surface area contributed by atoms with Crippen molar-refractivity contribution in [1.82, 2.24) is 10.3 Å². The summed E-state index contributed by atoms with van der Waals surface area (Å²) in [7, 11) is 0. The van der Waals surface area contributed by atoms with Gasteiger partial charge in [-0.25, -0.2) is 9.98 Å². The van der Waals surface area contributed by atoms with Crippen LogP contribution in [0.2, 0.25) is 0 Å². The lowest BCUT2D eigenvalue weighted by Crippen LogP contribution is -2.30. The van der Waals surface area contributed by atoms with E-state index in [-0.39, 0.29) is 12.4 Å². The van der Waals surface area contributed by atoms with Crippen molar-refractivity contribution in [3.63, 3.8) is 0 Å². The van der Waals surface area contributed by atoms with Crippen LogP contribution in [0.25, 0.3) is 0 Å². The minimum atomic E-state index is 0. The van der Waals surface area contributed by atoms with Crippen molar-refractivity contribution in [3.05, 3.63) is 18.3 Å². The summed E-state index contributed by atoms with van der Waals surface area (Å²) in [5, 5.41) is 14.6. The fraction of sp³-hybridized carbons (Fsp3) is 0.500. The number of halogens is 1. The summed E-state index contributed by atoms with van der Waals surface area (Å²) in [6, 6.07) is 3.86. The normalized spacial score (nSPS) is 26.8. The Balaban J connectivity index is 0.00000161. The van der Waals surface area contributed by atoms with Gasteiger partial charge in [0.2, 0.25) is 5.96 Å². The lowest BCUT2D eigenvalue weighted by Gasteiger charge is -2.19. The maximum Gasteiger partial charge on any atom is 0.209 e. The molecule has 0 aromatic carbocycles. The van der Waals surface area contributed by atoms with Crippen molar-refractivity contribution in [2.45, 2.75) is 31.7 Å². The first-order valence-electron chi connectivity index (χ1n) is 6.96. The van der Waals surface area contributed by atoms with Crippen molar-refractivity contribution in [2.24, 2.45) is 16.8 Å². The first-order chi connectivity index (χ1) is 9.74. The Kier molecular flexibility index (Phi) is 4.86. The quantitative estimate of drug-likeness (QED) is 0.336. The number of aliphatic imine (C=N–C) groups is 1. The van der Waals surface area contributed by atoms with Crippen molar-refractivity contribution < 1.29 is 0 Å². The second kappa shape index (κ2) is 6.64. The highest BCUT2D eigenvalue weighted by atomic mass is 35.5. The smallest absolute Gasteiger partial charge is 0.209 e. The Morgan fingerprint density at radius 2 is 2.24 bits per heavy atom. The molecule has 0 spiro atoms. The summed E-state index contributed by atoms with van der Waals surface area (Å²) in [5.41, 5.74) is 6.32. The highest BCUT2D eigenvalue weighted by Gasteiger charge is 2.39. The number of nitriles is 1. The fourth-order valence-corrected chi connectivity index (χ4v) is 3.30. The first kappa shape index (κ1) is 15.4. The molecule has 2 aliphatic carbocycles. The molecule has 2 saturated carbocycles. The number of nitrogens with one attached hydrogen (secondary N) is 2. The van der Waals surface area contributed by atoms with E-state index in [0.29, 0.717) is 23.7 Å². The number of hydrogen-bond donors (Lipinski definition) is 3. The molecule has 2 unspecified atom stereocenters. The topological polar surface area (TPSA) is 99.1 Å². The number of nitrogens with two attached hydrogens (primary N) is 1. The molecular formula is C14H19ClN6. The second-order valence-electron chi connectivity index (χ2n) is 5.55. The fourth-order valence-electron chi connectivity index (χ4n) is 3.30. The number of guanidine groups is 1. The summed E-state index contributed by atoms with van der Waals surface area (Å²) in [4.78, 5) is 8.69. The minimum Gasteiger partial charge on any atom is -0.384 e. The van der Waals surface area contributed by atoms with Crippen LogP contribution in [-0.4, -0.2) is 17.0 Å². The predicted molar refractivity (Wildman–Crippen MR) is 84.9 cm³/mol. The molecule has 1 aromatic rings. The van der Waals surface area contributed by atoms with E-state index in [4.69, 9.17) is 11.0 Å². The van der Waals surface area contributed by atoms with E-state index in [1.165, 1.54) is 19.3 Å². The molecule has 112 valence electrons. The van der Waals surface area contributed by atoms with Crippen LogP contribution in [0.15, 0.2) is 23.3 Å². The average molecular weight is 307 g/mol. The maximum absolute atomic E-state index is 8.85. The highest BCUT2D eigenvalue weighted by Crippen LogP contribution is 2.45. The molecule has 4 N–H and O–H groups in total. The number of nitrogens with zero attached hydrogens (tertiary/aromatic N) is 3. The van der Waals surface area contributed by atoms with Gasteiger partial charge in [-0.05, 0) is 43.2 Å². The molecule has 7 heteroatoms. The van der Waals surface area contributed by atoms with E-state index >= 15 is 0 Å². The Hall–Kier alpha value is -2.00. The van der Waals surface area contributed by atoms with Gasteiger partial charge in [-0.3, -0.25) is 5.32 Å². The van der Waals surface area contributed by atoms with Crippen molar-refractivity contribution in [2.75, 3.05) is 11.1 Å². The minimum absolute atomic E-state index is 0. The van der Waals surface area contributed by atoms with Crippen LogP contribution in [0, 0.1) is 23.3 Å². The Labute approximate surface area is 130 Å². The van der Waals surface area contributed by atoms with Gasteiger partial charge >= 0.3 is 0 Å². The summed E-state index contributed by atoms with van der Waals surface area (Å²) in [6.07, 6.45) is 8.60. The van der Waals surface area contributed by atoms with Gasteiger partial charge in [-0.2, -0.15) is 5.26 Å². The number of aromatic nitrogens is 1. The van der Waals surface area contributed by atoms with Gasteiger partial charge in [0.25, 0.3) is 0 Å². The largest absolute Gasteiger partial charge is 0.384 e. The number of rotatable bonds is 2. The zero-order chi connectivity index (χ0) is 13.9. The molecule has 0 saturated heterocycles. The average Bonchev–Trinajstić information content (AvgIpc) is 3.04. The Bertz CT molecular complexity index is 550. The molecule has 2 bridgehead atoms. The van der Waals surface area contributed by atoms with Crippen molar-refractivity contribution in [3.8, 4) is 6.19 Å². The van der Waals surface area contributed by atoms with Crippen LogP contribution < -0.4 is 16.4 Å². The monoisotopic (exact) mass is 306 g/mol. The number of nitrogen functional groups attached to an aromatic ring is 1. The van der Waals surface area contributed by atoms with Gasteiger partial charge < -0.3 is 11.1 Å². The molecule has 1 heterocycles. The Morgan fingerprint density at radius 1 is 1.38 bits per heavy atom. The molecule has 3 rings (SSSR count). The third-order valence-electron chi connectivity index (χ3n) is 4.22. The molecule has 21 heavy (non-hydrogen) atoms. The second-order valence-corrected chi connectivity index (χ2v) is 5.55. The molecule has 2 fully saturated rings. The zero-order valence-corrected chi connectivity index (χ0v) is 12.4. The maximum atomic E-state index is 8.85. The van der Waals surface area contributed by atoms with E-state index in [9.17, 15) is 0 Å². The van der Waals surface area contributed by atoms with Gasteiger partial charge in [0.1, 0.15) is 5.82 Å². The van der Waals surface area contributed by atoms with E-state index in [2.05, 4.69) is 20.6 Å². The van der Waals surface area contributed by atoms with Crippen LogP contribution >= 0.6 is 12.4 Å². The molecule has 0 aliphatic heterocycles. The number of anilines is 2. The zero-order valence-electron chi connectivity index (χ0n) is 11.6. The first-order valence-corrected chi connectivity index (χ1v) is 6.96. The van der Waals surface area contributed by atoms with Gasteiger partial charge in [-0.15, -0.1) is 12.4 Å². The van der Waals surface area contributed by atoms with Gasteiger partial charge in [0.05, 0.1) is 17.9 Å². The van der Waals surface area contributed by atoms with Crippen LogP contribution in [-0.2, 0) is 0 Å². The van der Waals surface area contributed by atoms with E-state index in [0.717, 1.165) is 18.0 Å². The van der Waals surface area contributed by atoms with Crippen LogP contribution in [0.4, 0.5) is 11.5 Å². The third-order valence-corrected chi connectivity index (χ3v) is 4.22. The standard InChI is InChI=1S/C14H18N6.ClH/c15-8-18-14(19-11-3-4-13(16)17-7-11)20-12-6-9-1-2-10(12)5-9;/h3-4,7,9-10,12H,1-2,5-6H2,(H2,16,17)(H2,18,19,20);1H/t9?,10?,12-;/m1./s1. The van der Waals surface area contributed by atoms with E-state index in [1.54, 1.807) is 12.3 Å². The molecule has 6 nitrogen and oxygen atoms in total. The van der Waals surface area contributed by atoms with Crippen LogP contribution in [0.1, 0.15) is 25.7 Å². The summed E-state index contributed by atoms with van der Waals surface area (Å²) in [5.74, 6) is 2.48. The molecule has 3 atom stereocenters. The van der Waals surface area contributed by atoms with Gasteiger partial charge in [-0.1, -0.05) is 6.42 Å². The molecular weight excluding hydrogens is 288 g/mol. The predicted octanol–water partition coefficient (Wildman–Crippen LogP) is 2.11. The molecule has 0 radical (unpaired) electrons. The lowest BCUT2D eigenvalue weighted by atomic mass is 9.96. The van der Waals surface area contributed by atoms with Crippen LogP contribution in [0.3, 0.4) is 0 Å². The van der Waals surface area contributed by atoms with Gasteiger partial charge in [0, 0.05) is 0 Å². The third kappa shape index (κ3) is 3.56. The number of fused-ring (bicyclic) bond motifs is 2. The molecule has 1 aromatic heterocycles. The Morgan fingerprint density at radius 3 is 2.81 bits per heavy atom. The molecule has 2 aliphatic rings. The summed E-state index contributed by atoms with van der Waals surface area (Å²) in [6.45, 7) is 0. The number of pyridine rings is 1. The number of hydrogen-bond acceptors (Lipinski definition) is 4. The summed E-state index contributed by atoms with van der Waals surface area (Å²) < 4.78 is 0. The van der Waals surface area contributed by atoms with Crippen molar-refractivity contribution in [1.29, 1.82) is 5.26 Å². The lowest BCUT2D eigenvalue weighted by molar-refractivity contribution is 0.420. The van der Waals surface area contributed by atoms with Crippen LogP contribution in [0.5, 0.6) is 0 Å². The van der Waals surface area contributed by atoms with E-state index in [1.807, 2.05) is 12.3 Å².